The predicted molar refractivity (Wildman–Crippen MR) is 78.5 cm³/mol. The van der Waals surface area contributed by atoms with Crippen molar-refractivity contribution >= 4 is 32.8 Å². The van der Waals surface area contributed by atoms with Gasteiger partial charge >= 0.3 is 5.97 Å². The molecule has 0 atom stereocenters. The smallest absolute Gasteiger partial charge is 0.354 e. The van der Waals surface area contributed by atoms with Crippen LogP contribution in [0.3, 0.4) is 0 Å². The summed E-state index contributed by atoms with van der Waals surface area (Å²) in [6.07, 6.45) is 3.52. The second kappa shape index (κ2) is 5.00. The van der Waals surface area contributed by atoms with Crippen molar-refractivity contribution in [3.05, 3.63) is 34.4 Å². The first kappa shape index (κ1) is 12.7. The first-order chi connectivity index (χ1) is 9.20. The van der Waals surface area contributed by atoms with Gasteiger partial charge in [0.1, 0.15) is 5.69 Å². The fourth-order valence-corrected chi connectivity index (χ4v) is 2.94. The molecule has 0 spiro atoms. The summed E-state index contributed by atoms with van der Waals surface area (Å²) >= 11 is 3.50. The molecule has 1 heterocycles. The average Bonchev–Trinajstić information content (AvgIpc) is 2.67. The first-order valence-electron chi connectivity index (χ1n) is 6.68. The number of nitrogens with zero attached hydrogens (tertiary/aromatic N) is 1. The van der Waals surface area contributed by atoms with E-state index < -0.39 is 0 Å². The standard InChI is InChI=1S/C15H16BrNO2/c1-2-19-15(18)14-8-10-6-7-11(16)9-13(10)17(14)12-4-3-5-12/h6-9,12H,2-5H2,1H3. The van der Waals surface area contributed by atoms with Crippen LogP contribution in [0.2, 0.25) is 0 Å². The van der Waals surface area contributed by atoms with Crippen LogP contribution in [0.4, 0.5) is 0 Å². The lowest BCUT2D eigenvalue weighted by molar-refractivity contribution is 0.0508. The molecule has 0 bridgehead atoms. The number of esters is 1. The third-order valence-corrected chi connectivity index (χ3v) is 4.22. The Bertz CT molecular complexity index is 628. The van der Waals surface area contributed by atoms with Gasteiger partial charge in [0.15, 0.2) is 0 Å². The molecule has 4 heteroatoms. The van der Waals surface area contributed by atoms with Crippen LogP contribution in [0.5, 0.6) is 0 Å². The van der Waals surface area contributed by atoms with Crippen LogP contribution in [0, 0.1) is 0 Å². The topological polar surface area (TPSA) is 31.2 Å². The summed E-state index contributed by atoms with van der Waals surface area (Å²) in [5.74, 6) is -0.221. The lowest BCUT2D eigenvalue weighted by Crippen LogP contribution is -2.21. The summed E-state index contributed by atoms with van der Waals surface area (Å²) < 4.78 is 8.37. The lowest BCUT2D eigenvalue weighted by Gasteiger charge is -2.29. The molecule has 0 saturated heterocycles. The van der Waals surface area contributed by atoms with E-state index in [2.05, 4.69) is 26.6 Å². The number of carbonyl (C=O) groups is 1. The van der Waals surface area contributed by atoms with Crippen LogP contribution < -0.4 is 0 Å². The van der Waals surface area contributed by atoms with E-state index in [1.54, 1.807) is 0 Å². The van der Waals surface area contributed by atoms with Crippen molar-refractivity contribution in [3.8, 4) is 0 Å². The summed E-state index contributed by atoms with van der Waals surface area (Å²) in [5, 5.41) is 1.10. The molecule has 0 unspecified atom stereocenters. The number of fused-ring (bicyclic) bond motifs is 1. The number of benzene rings is 1. The van der Waals surface area contributed by atoms with Crippen molar-refractivity contribution in [1.29, 1.82) is 0 Å². The van der Waals surface area contributed by atoms with Gasteiger partial charge in [-0.25, -0.2) is 4.79 Å². The molecular formula is C15H16BrNO2. The van der Waals surface area contributed by atoms with Crippen LogP contribution in [-0.4, -0.2) is 17.1 Å². The van der Waals surface area contributed by atoms with E-state index in [0.29, 0.717) is 18.3 Å². The highest BCUT2D eigenvalue weighted by atomic mass is 79.9. The molecule has 19 heavy (non-hydrogen) atoms. The third-order valence-electron chi connectivity index (χ3n) is 3.73. The van der Waals surface area contributed by atoms with Gasteiger partial charge in [0.25, 0.3) is 0 Å². The number of hydrogen-bond donors (Lipinski definition) is 0. The SMILES string of the molecule is CCOC(=O)c1cc2ccc(Br)cc2n1C1CCC1. The van der Waals surface area contributed by atoms with Gasteiger partial charge in [0, 0.05) is 15.9 Å². The van der Waals surface area contributed by atoms with E-state index in [0.717, 1.165) is 28.2 Å². The zero-order valence-corrected chi connectivity index (χ0v) is 12.4. The minimum atomic E-state index is -0.221. The van der Waals surface area contributed by atoms with Gasteiger partial charge < -0.3 is 9.30 Å². The van der Waals surface area contributed by atoms with Crippen LogP contribution in [0.25, 0.3) is 10.9 Å². The largest absolute Gasteiger partial charge is 0.461 e. The van der Waals surface area contributed by atoms with Gasteiger partial charge in [0.2, 0.25) is 0 Å². The minimum Gasteiger partial charge on any atom is -0.461 e. The average molecular weight is 322 g/mol. The van der Waals surface area contributed by atoms with E-state index in [-0.39, 0.29) is 5.97 Å². The molecule has 0 N–H and O–H groups in total. The summed E-state index contributed by atoms with van der Waals surface area (Å²) in [6.45, 7) is 2.25. The number of aromatic nitrogens is 1. The quantitative estimate of drug-likeness (QED) is 0.789. The Labute approximate surface area is 120 Å². The number of hydrogen-bond acceptors (Lipinski definition) is 2. The second-order valence-corrected chi connectivity index (χ2v) is 5.82. The Morgan fingerprint density at radius 3 is 2.84 bits per heavy atom. The molecule has 3 nitrogen and oxygen atoms in total. The van der Waals surface area contributed by atoms with E-state index >= 15 is 0 Å². The Morgan fingerprint density at radius 2 is 2.21 bits per heavy atom. The van der Waals surface area contributed by atoms with Gasteiger partial charge in [-0.1, -0.05) is 22.0 Å². The van der Waals surface area contributed by atoms with E-state index in [4.69, 9.17) is 4.74 Å². The normalized spacial score (nSPS) is 15.5. The highest BCUT2D eigenvalue weighted by molar-refractivity contribution is 9.10. The van der Waals surface area contributed by atoms with Gasteiger partial charge in [-0.2, -0.15) is 0 Å². The zero-order valence-electron chi connectivity index (χ0n) is 10.9. The predicted octanol–water partition coefficient (Wildman–Crippen LogP) is 4.31. The molecular weight excluding hydrogens is 306 g/mol. The van der Waals surface area contributed by atoms with Crippen LogP contribution in [-0.2, 0) is 4.74 Å². The van der Waals surface area contributed by atoms with Crippen LogP contribution in [0.1, 0.15) is 42.7 Å². The molecule has 1 saturated carbocycles. The van der Waals surface area contributed by atoms with Crippen LogP contribution >= 0.6 is 15.9 Å². The monoisotopic (exact) mass is 321 g/mol. The molecule has 100 valence electrons. The van der Waals surface area contributed by atoms with Crippen molar-refractivity contribution in [2.24, 2.45) is 0 Å². The molecule has 1 aromatic carbocycles. The van der Waals surface area contributed by atoms with Crippen molar-refractivity contribution in [2.45, 2.75) is 32.2 Å². The Morgan fingerprint density at radius 1 is 1.42 bits per heavy atom. The first-order valence-corrected chi connectivity index (χ1v) is 7.47. The van der Waals surface area contributed by atoms with Crippen LogP contribution in [0.15, 0.2) is 28.7 Å². The molecule has 1 aliphatic rings. The van der Waals surface area contributed by atoms with Crippen molar-refractivity contribution in [3.63, 3.8) is 0 Å². The fourth-order valence-electron chi connectivity index (χ4n) is 2.59. The summed E-state index contributed by atoms with van der Waals surface area (Å²) in [7, 11) is 0. The van der Waals surface area contributed by atoms with Crippen molar-refractivity contribution < 1.29 is 9.53 Å². The second-order valence-electron chi connectivity index (χ2n) is 4.91. The van der Waals surface area contributed by atoms with Gasteiger partial charge in [-0.3, -0.25) is 0 Å². The molecule has 0 aliphatic heterocycles. The molecule has 1 aromatic heterocycles. The molecule has 3 rings (SSSR count). The molecule has 1 fully saturated rings. The van der Waals surface area contributed by atoms with Gasteiger partial charge in [-0.15, -0.1) is 0 Å². The van der Waals surface area contributed by atoms with Gasteiger partial charge in [0.05, 0.1) is 12.1 Å². The maximum absolute atomic E-state index is 12.1. The maximum Gasteiger partial charge on any atom is 0.354 e. The zero-order chi connectivity index (χ0) is 13.4. The molecule has 0 radical (unpaired) electrons. The van der Waals surface area contributed by atoms with E-state index in [9.17, 15) is 4.79 Å². The lowest BCUT2D eigenvalue weighted by atomic mass is 9.92. The number of halogens is 1. The summed E-state index contributed by atoms with van der Waals surface area (Å²) in [4.78, 5) is 12.1. The maximum atomic E-state index is 12.1. The third kappa shape index (κ3) is 2.18. The molecule has 2 aromatic rings. The Kier molecular flexibility index (Phi) is 3.35. The Balaban J connectivity index is 2.16. The van der Waals surface area contributed by atoms with Gasteiger partial charge in [-0.05, 0) is 44.4 Å². The Hall–Kier alpha value is -1.29. The van der Waals surface area contributed by atoms with Crippen molar-refractivity contribution in [1.82, 2.24) is 4.57 Å². The summed E-state index contributed by atoms with van der Waals surface area (Å²) in [6, 6.07) is 8.50. The highest BCUT2D eigenvalue weighted by Crippen LogP contribution is 2.37. The van der Waals surface area contributed by atoms with E-state index in [1.807, 2.05) is 25.1 Å². The number of carbonyl (C=O) groups excluding carboxylic acids is 1. The highest BCUT2D eigenvalue weighted by Gasteiger charge is 2.26. The minimum absolute atomic E-state index is 0.221. The molecule has 0 amide bonds. The van der Waals surface area contributed by atoms with Crippen molar-refractivity contribution in [2.75, 3.05) is 6.61 Å². The summed E-state index contributed by atoms with van der Waals surface area (Å²) in [5.41, 5.74) is 1.79. The fraction of sp³-hybridized carbons (Fsp3) is 0.400. The number of ether oxygens (including phenoxy) is 1. The number of rotatable bonds is 3. The molecule has 1 aliphatic carbocycles. The van der Waals surface area contributed by atoms with E-state index in [1.165, 1.54) is 6.42 Å².